The van der Waals surface area contributed by atoms with Gasteiger partial charge in [0.05, 0.1) is 18.3 Å². The Morgan fingerprint density at radius 1 is 1.22 bits per heavy atom. The van der Waals surface area contributed by atoms with Crippen LogP contribution in [0.2, 0.25) is 4.34 Å². The van der Waals surface area contributed by atoms with Crippen molar-refractivity contribution in [2.75, 3.05) is 5.32 Å². The molecule has 0 bridgehead atoms. The lowest BCUT2D eigenvalue weighted by Crippen LogP contribution is -2.05. The fraction of sp³-hybridized carbons (Fsp3) is 0.182. The number of hydrogen-bond acceptors (Lipinski definition) is 3. The van der Waals surface area contributed by atoms with Crippen molar-refractivity contribution in [3.8, 4) is 0 Å². The first-order chi connectivity index (χ1) is 8.45. The Morgan fingerprint density at radius 2 is 1.89 bits per heavy atom. The van der Waals surface area contributed by atoms with E-state index in [1.54, 1.807) is 0 Å². The summed E-state index contributed by atoms with van der Waals surface area (Å²) >= 11 is 7.04. The zero-order valence-corrected chi connectivity index (χ0v) is 10.5. The van der Waals surface area contributed by atoms with Crippen LogP contribution in [0.3, 0.4) is 0 Å². The van der Waals surface area contributed by atoms with Crippen molar-refractivity contribution >= 4 is 28.6 Å². The number of thiazole rings is 1. The number of benzene rings is 1. The highest BCUT2D eigenvalue weighted by Gasteiger charge is 2.29. The third kappa shape index (κ3) is 3.36. The van der Waals surface area contributed by atoms with Gasteiger partial charge in [0.1, 0.15) is 9.34 Å². The summed E-state index contributed by atoms with van der Waals surface area (Å²) in [4.78, 5) is 4.03. The van der Waals surface area contributed by atoms with Crippen molar-refractivity contribution < 1.29 is 13.2 Å². The van der Waals surface area contributed by atoms with Gasteiger partial charge in [0.15, 0.2) is 0 Å². The minimum absolute atomic E-state index is 0.433. The maximum atomic E-state index is 12.3. The molecule has 1 heterocycles. The zero-order valence-electron chi connectivity index (χ0n) is 8.96. The summed E-state index contributed by atoms with van der Waals surface area (Å²) in [5, 5.41) is 3.75. The molecule has 0 saturated carbocycles. The van der Waals surface area contributed by atoms with Gasteiger partial charge in [-0.25, -0.2) is 4.98 Å². The summed E-state index contributed by atoms with van der Waals surface area (Å²) in [5.74, 6) is 0. The third-order valence-electron chi connectivity index (χ3n) is 2.18. The molecule has 0 saturated heterocycles. The van der Waals surface area contributed by atoms with Crippen LogP contribution in [-0.2, 0) is 12.7 Å². The van der Waals surface area contributed by atoms with Gasteiger partial charge < -0.3 is 5.32 Å². The zero-order chi connectivity index (χ0) is 13.2. The van der Waals surface area contributed by atoms with Gasteiger partial charge in [-0.3, -0.25) is 0 Å². The van der Waals surface area contributed by atoms with Crippen LogP contribution in [0.25, 0.3) is 0 Å². The van der Waals surface area contributed by atoms with E-state index in [-0.39, 0.29) is 0 Å². The lowest BCUT2D eigenvalue weighted by Gasteiger charge is -2.08. The van der Waals surface area contributed by atoms with Gasteiger partial charge >= 0.3 is 6.18 Å². The van der Waals surface area contributed by atoms with Gasteiger partial charge in [-0.15, -0.1) is 11.3 Å². The van der Waals surface area contributed by atoms with Crippen molar-refractivity contribution in [2.45, 2.75) is 12.7 Å². The number of aromatic nitrogens is 1. The second-order valence-corrected chi connectivity index (χ2v) is 5.23. The van der Waals surface area contributed by atoms with Crippen molar-refractivity contribution in [3.05, 3.63) is 45.4 Å². The molecular weight excluding hydrogens is 285 g/mol. The smallest absolute Gasteiger partial charge is 0.379 e. The van der Waals surface area contributed by atoms with Crippen LogP contribution in [0.1, 0.15) is 10.6 Å². The second kappa shape index (κ2) is 5.16. The molecule has 2 rings (SSSR count). The number of hydrogen-bond donors (Lipinski definition) is 1. The molecule has 7 heteroatoms. The van der Waals surface area contributed by atoms with Crippen LogP contribution in [0.15, 0.2) is 30.5 Å². The van der Waals surface area contributed by atoms with E-state index < -0.39 is 11.7 Å². The molecule has 0 unspecified atom stereocenters. The SMILES string of the molecule is FC(F)(F)c1ccc(NCc2ncc(Cl)s2)cc1. The van der Waals surface area contributed by atoms with Gasteiger partial charge in [-0.2, -0.15) is 13.2 Å². The first-order valence-electron chi connectivity index (χ1n) is 4.96. The van der Waals surface area contributed by atoms with Crippen LogP contribution in [0, 0.1) is 0 Å². The van der Waals surface area contributed by atoms with Gasteiger partial charge in [-0.05, 0) is 24.3 Å². The molecule has 0 aliphatic heterocycles. The van der Waals surface area contributed by atoms with E-state index in [2.05, 4.69) is 10.3 Å². The van der Waals surface area contributed by atoms with E-state index in [1.807, 2.05) is 0 Å². The van der Waals surface area contributed by atoms with Crippen LogP contribution >= 0.6 is 22.9 Å². The molecule has 1 aromatic heterocycles. The number of nitrogens with zero attached hydrogens (tertiary/aromatic N) is 1. The molecule has 96 valence electrons. The Bertz CT molecular complexity index is 522. The summed E-state index contributed by atoms with van der Waals surface area (Å²) in [6.45, 7) is 0.433. The lowest BCUT2D eigenvalue weighted by molar-refractivity contribution is -0.137. The van der Waals surface area contributed by atoms with Gasteiger partial charge in [0, 0.05) is 5.69 Å². The van der Waals surface area contributed by atoms with Gasteiger partial charge in [0.2, 0.25) is 0 Å². The Hall–Kier alpha value is -1.27. The Morgan fingerprint density at radius 3 is 2.39 bits per heavy atom. The highest BCUT2D eigenvalue weighted by atomic mass is 35.5. The van der Waals surface area contributed by atoms with Crippen LogP contribution < -0.4 is 5.32 Å². The topological polar surface area (TPSA) is 24.9 Å². The summed E-state index contributed by atoms with van der Waals surface area (Å²) in [6.07, 6.45) is -2.77. The largest absolute Gasteiger partial charge is 0.416 e. The standard InChI is InChI=1S/C11H8ClF3N2S/c12-9-5-17-10(18-9)6-16-8-3-1-7(2-4-8)11(13,14)15/h1-5,16H,6H2. The molecule has 18 heavy (non-hydrogen) atoms. The number of halogens is 4. The molecule has 0 aliphatic rings. The summed E-state index contributed by atoms with van der Waals surface area (Å²) < 4.78 is 37.6. The van der Waals surface area contributed by atoms with Gasteiger partial charge in [-0.1, -0.05) is 11.6 Å². The molecule has 0 radical (unpaired) electrons. The summed E-state index contributed by atoms with van der Waals surface area (Å²) in [6, 6.07) is 4.85. The first kappa shape index (κ1) is 13.2. The number of alkyl halides is 3. The molecule has 0 spiro atoms. The maximum Gasteiger partial charge on any atom is 0.416 e. The van der Waals surface area contributed by atoms with Crippen molar-refractivity contribution in [3.63, 3.8) is 0 Å². The van der Waals surface area contributed by atoms with Crippen LogP contribution in [0.4, 0.5) is 18.9 Å². The summed E-state index contributed by atoms with van der Waals surface area (Å²) in [5.41, 5.74) is -0.0559. The lowest BCUT2D eigenvalue weighted by atomic mass is 10.2. The van der Waals surface area contributed by atoms with E-state index in [0.29, 0.717) is 16.6 Å². The molecule has 1 N–H and O–H groups in total. The third-order valence-corrected chi connectivity index (χ3v) is 3.30. The van der Waals surface area contributed by atoms with E-state index in [4.69, 9.17) is 11.6 Å². The molecule has 0 aliphatic carbocycles. The highest BCUT2D eigenvalue weighted by Crippen LogP contribution is 2.30. The van der Waals surface area contributed by atoms with Crippen LogP contribution in [-0.4, -0.2) is 4.98 Å². The minimum Gasteiger partial charge on any atom is -0.379 e. The first-order valence-corrected chi connectivity index (χ1v) is 6.16. The average Bonchev–Trinajstić information content (AvgIpc) is 2.72. The number of anilines is 1. The Labute approximate surface area is 110 Å². The fourth-order valence-corrected chi connectivity index (χ4v) is 2.22. The number of nitrogens with one attached hydrogen (secondary N) is 1. The molecule has 0 fully saturated rings. The molecule has 2 aromatic rings. The van der Waals surface area contributed by atoms with Crippen LogP contribution in [0.5, 0.6) is 0 Å². The maximum absolute atomic E-state index is 12.3. The molecule has 2 nitrogen and oxygen atoms in total. The predicted octanol–water partition coefficient (Wildman–Crippen LogP) is 4.43. The van der Waals surface area contributed by atoms with Crippen molar-refractivity contribution in [1.29, 1.82) is 0 Å². The molecule has 0 amide bonds. The normalized spacial score (nSPS) is 11.6. The summed E-state index contributed by atoms with van der Waals surface area (Å²) in [7, 11) is 0. The average molecular weight is 293 g/mol. The molecule has 0 atom stereocenters. The minimum atomic E-state index is -4.30. The van der Waals surface area contributed by atoms with E-state index in [1.165, 1.54) is 29.7 Å². The highest BCUT2D eigenvalue weighted by molar-refractivity contribution is 7.15. The Kier molecular flexibility index (Phi) is 3.77. The quantitative estimate of drug-likeness (QED) is 0.905. The van der Waals surface area contributed by atoms with Crippen molar-refractivity contribution in [2.24, 2.45) is 0 Å². The van der Waals surface area contributed by atoms with E-state index in [0.717, 1.165) is 17.1 Å². The monoisotopic (exact) mass is 292 g/mol. The molecular formula is C11H8ClF3N2S. The van der Waals surface area contributed by atoms with Gasteiger partial charge in [0.25, 0.3) is 0 Å². The number of rotatable bonds is 3. The van der Waals surface area contributed by atoms with Crippen molar-refractivity contribution in [1.82, 2.24) is 4.98 Å². The Balaban J connectivity index is 1.98. The predicted molar refractivity (Wildman–Crippen MR) is 65.9 cm³/mol. The second-order valence-electron chi connectivity index (χ2n) is 3.49. The molecule has 1 aromatic carbocycles. The van der Waals surface area contributed by atoms with E-state index >= 15 is 0 Å². The fourth-order valence-electron chi connectivity index (χ4n) is 1.32. The van der Waals surface area contributed by atoms with E-state index in [9.17, 15) is 13.2 Å².